The first kappa shape index (κ1) is 15.5. The lowest BCUT2D eigenvalue weighted by Crippen LogP contribution is -2.62. The summed E-state index contributed by atoms with van der Waals surface area (Å²) in [6.45, 7) is 4.55. The highest BCUT2D eigenvalue weighted by molar-refractivity contribution is 7.24. The first-order chi connectivity index (χ1) is 11.1. The fourth-order valence-corrected chi connectivity index (χ4v) is 5.43. The number of hydrogen-bond donors (Lipinski definition) is 1. The van der Waals surface area contributed by atoms with E-state index in [1.165, 1.54) is 48.6 Å². The van der Waals surface area contributed by atoms with Crippen LogP contribution in [0.15, 0.2) is 12.1 Å². The molecular weight excluding hydrogens is 352 g/mol. The Kier molecular flexibility index (Phi) is 4.13. The molecule has 5 nitrogen and oxygen atoms in total. The summed E-state index contributed by atoms with van der Waals surface area (Å²) in [6.07, 6.45) is 2.38. The van der Waals surface area contributed by atoms with Gasteiger partial charge in [0.05, 0.1) is 9.75 Å². The molecule has 3 aliphatic heterocycles. The number of carbonyl (C=O) groups excluding carboxylic acids is 1. The van der Waals surface area contributed by atoms with Gasteiger partial charge in [0.1, 0.15) is 0 Å². The van der Waals surface area contributed by atoms with Crippen LogP contribution in [0.1, 0.15) is 29.4 Å². The van der Waals surface area contributed by atoms with Crippen LogP contribution in [0.4, 0.5) is 0 Å². The number of carbonyl (C=O) groups is 1. The highest BCUT2D eigenvalue weighted by Gasteiger charge is 2.40. The monoisotopic (exact) mass is 368 g/mol. The highest BCUT2D eigenvalue weighted by atomic mass is 35.5. The summed E-state index contributed by atoms with van der Waals surface area (Å²) < 4.78 is 0.417. The van der Waals surface area contributed by atoms with Gasteiger partial charge in [0.15, 0.2) is 5.01 Å². The molecule has 1 amide bonds. The lowest BCUT2D eigenvalue weighted by Gasteiger charge is -2.49. The maximum Gasteiger partial charge on any atom is 0.261 e. The van der Waals surface area contributed by atoms with Crippen molar-refractivity contribution >= 4 is 40.2 Å². The van der Waals surface area contributed by atoms with Crippen molar-refractivity contribution in [2.75, 3.05) is 13.1 Å². The zero-order valence-corrected chi connectivity index (χ0v) is 15.0. The number of halogens is 1. The average Bonchev–Trinajstić information content (AvgIpc) is 3.20. The van der Waals surface area contributed by atoms with Crippen LogP contribution < -0.4 is 5.32 Å². The van der Waals surface area contributed by atoms with Crippen molar-refractivity contribution in [1.29, 1.82) is 0 Å². The average molecular weight is 369 g/mol. The first-order valence-electron chi connectivity index (χ1n) is 7.76. The van der Waals surface area contributed by atoms with Crippen molar-refractivity contribution in [3.63, 3.8) is 0 Å². The maximum atomic E-state index is 12.6. The Morgan fingerprint density at radius 3 is 2.74 bits per heavy atom. The van der Waals surface area contributed by atoms with Crippen LogP contribution in [-0.4, -0.2) is 46.2 Å². The third kappa shape index (κ3) is 2.91. The van der Waals surface area contributed by atoms with Gasteiger partial charge in [-0.25, -0.2) is 0 Å². The number of piperidine rings is 3. The second kappa shape index (κ2) is 6.12. The van der Waals surface area contributed by atoms with Crippen molar-refractivity contribution in [3.8, 4) is 9.88 Å². The standard InChI is InChI=1S/C15H17ClN4OS2/c1-8-12(9-4-6-20(8)7-5-9)17-13(21)10-2-3-11(22-10)14-18-19-15(16)23-14/h2-3,8-9,12H,4-7H2,1H3,(H,17,21)/t8-,12-/m0/s1. The topological polar surface area (TPSA) is 58.1 Å². The normalized spacial score (nSPS) is 29.7. The predicted molar refractivity (Wildman–Crippen MR) is 93.2 cm³/mol. The molecular formula is C15H17ClN4OS2. The molecule has 3 fully saturated rings. The van der Waals surface area contributed by atoms with Gasteiger partial charge < -0.3 is 5.32 Å². The van der Waals surface area contributed by atoms with Gasteiger partial charge in [-0.3, -0.25) is 9.69 Å². The second-order valence-electron chi connectivity index (χ2n) is 6.14. The Bertz CT molecular complexity index is 721. The van der Waals surface area contributed by atoms with E-state index in [0.29, 0.717) is 16.4 Å². The molecule has 2 atom stereocenters. The van der Waals surface area contributed by atoms with Crippen LogP contribution in [0.3, 0.4) is 0 Å². The SMILES string of the molecule is C[C@H]1[C@H](NC(=O)c2ccc(-c3nnc(Cl)s3)s2)C2CCN1CC2. The zero-order valence-electron chi connectivity index (χ0n) is 12.7. The number of hydrogen-bond acceptors (Lipinski definition) is 6. The summed E-state index contributed by atoms with van der Waals surface area (Å²) in [6, 6.07) is 4.45. The van der Waals surface area contributed by atoms with Crippen molar-refractivity contribution in [2.45, 2.75) is 31.8 Å². The molecule has 2 aromatic heterocycles. The van der Waals surface area contributed by atoms with Crippen LogP contribution in [0, 0.1) is 5.92 Å². The summed E-state index contributed by atoms with van der Waals surface area (Å²) >= 11 is 8.59. The minimum absolute atomic E-state index is 0.0162. The third-order valence-corrected chi connectivity index (χ3v) is 7.19. The van der Waals surface area contributed by atoms with Crippen LogP contribution in [0.25, 0.3) is 9.88 Å². The summed E-state index contributed by atoms with van der Waals surface area (Å²) in [5.41, 5.74) is 0. The Labute approximate surface area is 147 Å². The van der Waals surface area contributed by atoms with E-state index in [9.17, 15) is 4.79 Å². The van der Waals surface area contributed by atoms with Gasteiger partial charge in [0.25, 0.3) is 5.91 Å². The first-order valence-corrected chi connectivity index (χ1v) is 9.77. The van der Waals surface area contributed by atoms with E-state index in [2.05, 4.69) is 27.3 Å². The van der Waals surface area contributed by atoms with Crippen molar-refractivity contribution < 1.29 is 4.79 Å². The number of rotatable bonds is 3. The summed E-state index contributed by atoms with van der Waals surface area (Å²) in [7, 11) is 0. The summed E-state index contributed by atoms with van der Waals surface area (Å²) in [5.74, 6) is 0.628. The smallest absolute Gasteiger partial charge is 0.261 e. The van der Waals surface area contributed by atoms with Gasteiger partial charge in [-0.2, -0.15) is 0 Å². The van der Waals surface area contributed by atoms with Crippen LogP contribution in [-0.2, 0) is 0 Å². The van der Waals surface area contributed by atoms with Gasteiger partial charge in [-0.05, 0) is 62.5 Å². The van der Waals surface area contributed by atoms with Crippen molar-refractivity contribution in [3.05, 3.63) is 21.5 Å². The molecule has 5 rings (SSSR count). The fraction of sp³-hybridized carbons (Fsp3) is 0.533. The maximum absolute atomic E-state index is 12.6. The molecule has 3 aliphatic rings. The molecule has 0 spiro atoms. The Hall–Kier alpha value is -1.02. The van der Waals surface area contributed by atoms with E-state index in [0.717, 1.165) is 14.8 Å². The second-order valence-corrected chi connectivity index (χ2v) is 8.78. The zero-order chi connectivity index (χ0) is 16.0. The molecule has 2 bridgehead atoms. The molecule has 3 saturated heterocycles. The number of aromatic nitrogens is 2. The fourth-order valence-electron chi connectivity index (χ4n) is 3.65. The number of amides is 1. The molecule has 0 radical (unpaired) electrons. The van der Waals surface area contributed by atoms with E-state index in [-0.39, 0.29) is 11.9 Å². The van der Waals surface area contributed by atoms with E-state index < -0.39 is 0 Å². The molecule has 122 valence electrons. The summed E-state index contributed by atoms with van der Waals surface area (Å²) in [4.78, 5) is 16.7. The number of nitrogens with one attached hydrogen (secondary N) is 1. The van der Waals surface area contributed by atoms with Gasteiger partial charge >= 0.3 is 0 Å². The van der Waals surface area contributed by atoms with E-state index >= 15 is 0 Å². The van der Waals surface area contributed by atoms with Gasteiger partial charge in [-0.15, -0.1) is 21.5 Å². The molecule has 1 N–H and O–H groups in total. The minimum atomic E-state index is 0.0162. The Morgan fingerprint density at radius 1 is 1.30 bits per heavy atom. The van der Waals surface area contributed by atoms with E-state index in [1.54, 1.807) is 0 Å². The van der Waals surface area contributed by atoms with Crippen molar-refractivity contribution in [2.24, 2.45) is 5.92 Å². The van der Waals surface area contributed by atoms with E-state index in [4.69, 9.17) is 11.6 Å². The van der Waals surface area contributed by atoms with Crippen LogP contribution in [0.2, 0.25) is 4.47 Å². The van der Waals surface area contributed by atoms with Gasteiger partial charge in [0.2, 0.25) is 4.47 Å². The van der Waals surface area contributed by atoms with E-state index in [1.807, 2.05) is 12.1 Å². The van der Waals surface area contributed by atoms with Crippen LogP contribution in [0.5, 0.6) is 0 Å². The molecule has 2 aromatic rings. The third-order valence-electron chi connectivity index (χ3n) is 4.92. The molecule has 0 aromatic carbocycles. The van der Waals surface area contributed by atoms with Crippen LogP contribution >= 0.6 is 34.3 Å². The Balaban J connectivity index is 1.48. The molecule has 5 heterocycles. The lowest BCUT2D eigenvalue weighted by molar-refractivity contribution is 0.0218. The molecule has 0 aliphatic carbocycles. The molecule has 0 unspecified atom stereocenters. The van der Waals surface area contributed by atoms with Gasteiger partial charge in [-0.1, -0.05) is 11.3 Å². The quantitative estimate of drug-likeness (QED) is 0.904. The number of fused-ring (bicyclic) bond motifs is 3. The number of thiophene rings is 1. The van der Waals surface area contributed by atoms with Gasteiger partial charge in [0, 0.05) is 12.1 Å². The minimum Gasteiger partial charge on any atom is -0.347 e. The number of nitrogens with zero attached hydrogens (tertiary/aromatic N) is 3. The van der Waals surface area contributed by atoms with Crippen molar-refractivity contribution in [1.82, 2.24) is 20.4 Å². The highest BCUT2D eigenvalue weighted by Crippen LogP contribution is 2.34. The molecule has 8 heteroatoms. The molecule has 0 saturated carbocycles. The lowest BCUT2D eigenvalue weighted by atomic mass is 9.79. The largest absolute Gasteiger partial charge is 0.347 e. The summed E-state index contributed by atoms with van der Waals surface area (Å²) in [5, 5.41) is 11.9. The Morgan fingerprint density at radius 2 is 2.09 bits per heavy atom. The molecule has 23 heavy (non-hydrogen) atoms. The predicted octanol–water partition coefficient (Wildman–Crippen LogP) is 3.13.